The van der Waals surface area contributed by atoms with Crippen LogP contribution in [0, 0.1) is 0 Å². The Kier molecular flexibility index (Phi) is 3.99. The summed E-state index contributed by atoms with van der Waals surface area (Å²) in [6.45, 7) is 6.51. The van der Waals surface area contributed by atoms with E-state index in [1.165, 1.54) is 0 Å². The topological polar surface area (TPSA) is 36.3 Å². The molecule has 0 amide bonds. The van der Waals surface area contributed by atoms with Crippen molar-refractivity contribution >= 4 is 11.0 Å². The third-order valence-electron chi connectivity index (χ3n) is 2.98. The van der Waals surface area contributed by atoms with Crippen LogP contribution in [0.15, 0.2) is 24.3 Å². The van der Waals surface area contributed by atoms with Crippen LogP contribution in [0.3, 0.4) is 0 Å². The van der Waals surface area contributed by atoms with E-state index in [0.29, 0.717) is 6.61 Å². The fraction of sp³-hybridized carbons (Fsp3) is 0.500. The molecule has 0 aliphatic rings. The molecular weight excluding hydrogens is 228 g/mol. The standard InChI is InChI=1S/C14H20N2O2/c1-5-17-11(3)18-10(2)14-15-12-8-6-7-9-13(12)16(14)4/h6-11H,5H2,1-4H3. The number of benzene rings is 1. The molecule has 0 bridgehead atoms. The fourth-order valence-corrected chi connectivity index (χ4v) is 2.15. The molecule has 1 aromatic heterocycles. The van der Waals surface area contributed by atoms with E-state index in [2.05, 4.69) is 15.6 Å². The summed E-state index contributed by atoms with van der Waals surface area (Å²) in [5.41, 5.74) is 2.11. The number of fused-ring (bicyclic) bond motifs is 1. The average Bonchev–Trinajstić information content (AvgIpc) is 2.68. The van der Waals surface area contributed by atoms with Gasteiger partial charge in [0.15, 0.2) is 6.29 Å². The van der Waals surface area contributed by atoms with E-state index in [1.54, 1.807) is 0 Å². The van der Waals surface area contributed by atoms with E-state index in [4.69, 9.17) is 9.47 Å². The second-order valence-corrected chi connectivity index (χ2v) is 4.32. The highest BCUT2D eigenvalue weighted by Gasteiger charge is 2.17. The smallest absolute Gasteiger partial charge is 0.155 e. The van der Waals surface area contributed by atoms with Crippen LogP contribution in [0.4, 0.5) is 0 Å². The van der Waals surface area contributed by atoms with Gasteiger partial charge in [-0.3, -0.25) is 0 Å². The zero-order chi connectivity index (χ0) is 13.1. The first kappa shape index (κ1) is 13.1. The molecule has 0 saturated heterocycles. The molecule has 18 heavy (non-hydrogen) atoms. The molecule has 0 aliphatic heterocycles. The lowest BCUT2D eigenvalue weighted by atomic mass is 10.3. The number of ether oxygens (including phenoxy) is 2. The molecule has 1 heterocycles. The number of hydrogen-bond donors (Lipinski definition) is 0. The van der Waals surface area contributed by atoms with Crippen LogP contribution in [0.5, 0.6) is 0 Å². The second-order valence-electron chi connectivity index (χ2n) is 4.32. The number of rotatable bonds is 5. The minimum Gasteiger partial charge on any atom is -0.353 e. The van der Waals surface area contributed by atoms with Gasteiger partial charge in [-0.25, -0.2) is 4.98 Å². The van der Waals surface area contributed by atoms with Gasteiger partial charge in [0.05, 0.1) is 11.0 Å². The van der Waals surface area contributed by atoms with E-state index < -0.39 is 0 Å². The molecule has 2 unspecified atom stereocenters. The number of aryl methyl sites for hydroxylation is 1. The Bertz CT molecular complexity index is 521. The van der Waals surface area contributed by atoms with E-state index in [0.717, 1.165) is 16.9 Å². The largest absolute Gasteiger partial charge is 0.353 e. The summed E-state index contributed by atoms with van der Waals surface area (Å²) in [7, 11) is 2.01. The van der Waals surface area contributed by atoms with Crippen LogP contribution in [0.2, 0.25) is 0 Å². The third kappa shape index (κ3) is 2.54. The van der Waals surface area contributed by atoms with Gasteiger partial charge in [-0.15, -0.1) is 0 Å². The van der Waals surface area contributed by atoms with Gasteiger partial charge in [0.25, 0.3) is 0 Å². The van der Waals surface area contributed by atoms with Crippen molar-refractivity contribution in [3.8, 4) is 0 Å². The monoisotopic (exact) mass is 248 g/mol. The van der Waals surface area contributed by atoms with Crippen molar-refractivity contribution in [3.05, 3.63) is 30.1 Å². The predicted molar refractivity (Wildman–Crippen MR) is 71.3 cm³/mol. The maximum Gasteiger partial charge on any atom is 0.155 e. The molecule has 0 radical (unpaired) electrons. The SMILES string of the molecule is CCOC(C)OC(C)c1nc2ccccc2n1C. The summed E-state index contributed by atoms with van der Waals surface area (Å²) in [6, 6.07) is 8.08. The predicted octanol–water partition coefficient (Wildman–Crippen LogP) is 3.03. The van der Waals surface area contributed by atoms with Crippen LogP contribution >= 0.6 is 0 Å². The van der Waals surface area contributed by atoms with Gasteiger partial charge in [0.1, 0.15) is 11.9 Å². The zero-order valence-electron chi connectivity index (χ0n) is 11.4. The molecule has 0 saturated carbocycles. The lowest BCUT2D eigenvalue weighted by Crippen LogP contribution is -2.17. The first-order valence-electron chi connectivity index (χ1n) is 6.32. The van der Waals surface area contributed by atoms with Gasteiger partial charge >= 0.3 is 0 Å². The molecule has 0 spiro atoms. The van der Waals surface area contributed by atoms with E-state index in [-0.39, 0.29) is 12.4 Å². The molecule has 2 aromatic rings. The van der Waals surface area contributed by atoms with Crippen molar-refractivity contribution in [3.63, 3.8) is 0 Å². The summed E-state index contributed by atoms with van der Waals surface area (Å²) in [5.74, 6) is 0.919. The Morgan fingerprint density at radius 3 is 2.67 bits per heavy atom. The number of hydrogen-bond acceptors (Lipinski definition) is 3. The van der Waals surface area contributed by atoms with Gasteiger partial charge < -0.3 is 14.0 Å². The van der Waals surface area contributed by atoms with Gasteiger partial charge in [0, 0.05) is 13.7 Å². The van der Waals surface area contributed by atoms with Crippen LogP contribution in [-0.4, -0.2) is 22.4 Å². The quantitative estimate of drug-likeness (QED) is 0.763. The Morgan fingerprint density at radius 1 is 1.28 bits per heavy atom. The summed E-state index contributed by atoms with van der Waals surface area (Å²) in [6.07, 6.45) is -0.311. The molecule has 0 aliphatic carbocycles. The Hall–Kier alpha value is -1.39. The molecule has 1 aromatic carbocycles. The third-order valence-corrected chi connectivity index (χ3v) is 2.98. The van der Waals surface area contributed by atoms with Crippen molar-refractivity contribution in [2.75, 3.05) is 6.61 Å². The van der Waals surface area contributed by atoms with E-state index in [1.807, 2.05) is 46.0 Å². The summed E-state index contributed by atoms with van der Waals surface area (Å²) < 4.78 is 13.2. The van der Waals surface area contributed by atoms with Crippen LogP contribution in [-0.2, 0) is 16.5 Å². The summed E-state index contributed by atoms with van der Waals surface area (Å²) in [4.78, 5) is 4.61. The van der Waals surface area contributed by atoms with Gasteiger partial charge in [-0.1, -0.05) is 12.1 Å². The van der Waals surface area contributed by atoms with Gasteiger partial charge in [0.2, 0.25) is 0 Å². The highest BCUT2D eigenvalue weighted by Crippen LogP contribution is 2.22. The molecular formula is C14H20N2O2. The fourth-order valence-electron chi connectivity index (χ4n) is 2.15. The Balaban J connectivity index is 2.22. The highest BCUT2D eigenvalue weighted by atomic mass is 16.7. The first-order chi connectivity index (χ1) is 8.63. The average molecular weight is 248 g/mol. The maximum atomic E-state index is 5.78. The second kappa shape index (κ2) is 5.50. The number of para-hydroxylation sites is 2. The molecule has 98 valence electrons. The van der Waals surface area contributed by atoms with Crippen molar-refractivity contribution < 1.29 is 9.47 Å². The van der Waals surface area contributed by atoms with Crippen LogP contribution < -0.4 is 0 Å². The van der Waals surface area contributed by atoms with Crippen molar-refractivity contribution in [1.29, 1.82) is 0 Å². The molecule has 4 heteroatoms. The van der Waals surface area contributed by atoms with Crippen molar-refractivity contribution in [2.24, 2.45) is 7.05 Å². The maximum absolute atomic E-state index is 5.78. The minimum atomic E-state index is -0.218. The lowest BCUT2D eigenvalue weighted by molar-refractivity contribution is -0.156. The van der Waals surface area contributed by atoms with Crippen LogP contribution in [0.25, 0.3) is 11.0 Å². The molecule has 2 rings (SSSR count). The van der Waals surface area contributed by atoms with Crippen molar-refractivity contribution in [1.82, 2.24) is 9.55 Å². The normalized spacial score (nSPS) is 14.9. The van der Waals surface area contributed by atoms with Crippen molar-refractivity contribution in [2.45, 2.75) is 33.2 Å². The number of nitrogens with zero attached hydrogens (tertiary/aromatic N) is 2. The molecule has 4 nitrogen and oxygen atoms in total. The van der Waals surface area contributed by atoms with E-state index in [9.17, 15) is 0 Å². The summed E-state index contributed by atoms with van der Waals surface area (Å²) >= 11 is 0. The Morgan fingerprint density at radius 2 is 2.00 bits per heavy atom. The van der Waals surface area contributed by atoms with E-state index >= 15 is 0 Å². The molecule has 0 N–H and O–H groups in total. The van der Waals surface area contributed by atoms with Crippen LogP contribution in [0.1, 0.15) is 32.7 Å². The summed E-state index contributed by atoms with van der Waals surface area (Å²) in [5, 5.41) is 0. The number of aromatic nitrogens is 2. The zero-order valence-corrected chi connectivity index (χ0v) is 11.4. The first-order valence-corrected chi connectivity index (χ1v) is 6.32. The van der Waals surface area contributed by atoms with Gasteiger partial charge in [-0.05, 0) is 32.9 Å². The molecule has 0 fully saturated rings. The molecule has 2 atom stereocenters. The lowest BCUT2D eigenvalue weighted by Gasteiger charge is -2.18. The number of imidazole rings is 1. The van der Waals surface area contributed by atoms with Gasteiger partial charge in [-0.2, -0.15) is 0 Å². The Labute approximate surface area is 108 Å². The highest BCUT2D eigenvalue weighted by molar-refractivity contribution is 5.75. The minimum absolute atomic E-state index is 0.0936.